The number of benzene rings is 1. The lowest BCUT2D eigenvalue weighted by molar-refractivity contribution is -0.131. The monoisotopic (exact) mass is 312 g/mol. The van der Waals surface area contributed by atoms with Gasteiger partial charge in [-0.05, 0) is 23.8 Å². The van der Waals surface area contributed by atoms with Gasteiger partial charge in [-0.25, -0.2) is 9.97 Å². The van der Waals surface area contributed by atoms with Gasteiger partial charge in [-0.3, -0.25) is 4.79 Å². The van der Waals surface area contributed by atoms with Crippen molar-refractivity contribution in [3.05, 3.63) is 48.3 Å². The van der Waals surface area contributed by atoms with Gasteiger partial charge >= 0.3 is 0 Å². The normalized spacial score (nSPS) is 17.9. The van der Waals surface area contributed by atoms with Crippen molar-refractivity contribution in [2.75, 3.05) is 31.6 Å². The van der Waals surface area contributed by atoms with Crippen LogP contribution in [-0.2, 0) is 4.79 Å². The van der Waals surface area contributed by atoms with Crippen LogP contribution in [0.3, 0.4) is 0 Å². The maximum absolute atomic E-state index is 12.0. The summed E-state index contributed by atoms with van der Waals surface area (Å²) in [6.07, 6.45) is 3.48. The molecule has 0 saturated carbocycles. The summed E-state index contributed by atoms with van der Waals surface area (Å²) in [7, 11) is 1.64. The van der Waals surface area contributed by atoms with Crippen molar-refractivity contribution in [2.45, 2.75) is 13.0 Å². The third-order valence-corrected chi connectivity index (χ3v) is 4.12. The zero-order valence-electron chi connectivity index (χ0n) is 13.3. The number of hydrogen-bond acceptors (Lipinski definition) is 5. The first-order chi connectivity index (χ1) is 11.2. The van der Waals surface area contributed by atoms with E-state index in [9.17, 15) is 4.79 Å². The Labute approximate surface area is 135 Å². The third-order valence-electron chi connectivity index (χ3n) is 4.12. The zero-order valence-corrected chi connectivity index (χ0v) is 13.3. The number of nitrogens with zero attached hydrogens (tertiary/aromatic N) is 4. The maximum Gasteiger partial charge on any atom is 0.225 e. The van der Waals surface area contributed by atoms with Crippen molar-refractivity contribution in [3.8, 4) is 5.75 Å². The molecule has 1 fully saturated rings. The van der Waals surface area contributed by atoms with Crippen LogP contribution in [0.5, 0.6) is 5.75 Å². The molecular weight excluding hydrogens is 292 g/mol. The highest BCUT2D eigenvalue weighted by Gasteiger charge is 2.30. The molecule has 1 aromatic heterocycles. The summed E-state index contributed by atoms with van der Waals surface area (Å²) in [5.74, 6) is 1.59. The summed E-state index contributed by atoms with van der Waals surface area (Å²) < 4.78 is 5.21. The van der Waals surface area contributed by atoms with Crippen LogP contribution in [0.4, 0.5) is 5.95 Å². The van der Waals surface area contributed by atoms with Crippen molar-refractivity contribution in [2.24, 2.45) is 0 Å². The average Bonchev–Trinajstić information content (AvgIpc) is 2.62. The van der Waals surface area contributed by atoms with Crippen LogP contribution in [-0.4, -0.2) is 47.5 Å². The first-order valence-corrected chi connectivity index (χ1v) is 7.62. The SMILES string of the molecule is COc1ccc(C2CN(c3ncccn3)CCN2C(C)=O)cc1. The van der Waals surface area contributed by atoms with Crippen molar-refractivity contribution in [3.63, 3.8) is 0 Å². The summed E-state index contributed by atoms with van der Waals surface area (Å²) in [6, 6.07) is 9.65. The van der Waals surface area contributed by atoms with E-state index in [1.807, 2.05) is 29.2 Å². The predicted molar refractivity (Wildman–Crippen MR) is 87.4 cm³/mol. The molecule has 2 aromatic rings. The smallest absolute Gasteiger partial charge is 0.225 e. The van der Waals surface area contributed by atoms with Crippen LogP contribution >= 0.6 is 0 Å². The molecule has 6 nitrogen and oxygen atoms in total. The molecule has 0 radical (unpaired) electrons. The van der Waals surface area contributed by atoms with Gasteiger partial charge in [0.05, 0.1) is 13.2 Å². The molecule has 0 N–H and O–H groups in total. The second kappa shape index (κ2) is 6.64. The molecular formula is C17H20N4O2. The fourth-order valence-corrected chi connectivity index (χ4v) is 2.91. The Hall–Kier alpha value is -2.63. The Balaban J connectivity index is 1.87. The number of amides is 1. The zero-order chi connectivity index (χ0) is 16.2. The quantitative estimate of drug-likeness (QED) is 0.866. The first-order valence-electron chi connectivity index (χ1n) is 7.62. The van der Waals surface area contributed by atoms with E-state index in [2.05, 4.69) is 14.9 Å². The van der Waals surface area contributed by atoms with Gasteiger partial charge in [0.15, 0.2) is 0 Å². The van der Waals surface area contributed by atoms with Crippen LogP contribution < -0.4 is 9.64 Å². The minimum atomic E-state index is -0.0176. The molecule has 1 unspecified atom stereocenters. The van der Waals surface area contributed by atoms with E-state index in [1.54, 1.807) is 32.5 Å². The molecule has 120 valence electrons. The molecule has 6 heteroatoms. The van der Waals surface area contributed by atoms with Gasteiger partial charge in [0.1, 0.15) is 5.75 Å². The van der Waals surface area contributed by atoms with Gasteiger partial charge in [0.25, 0.3) is 0 Å². The lowest BCUT2D eigenvalue weighted by Gasteiger charge is -2.41. The van der Waals surface area contributed by atoms with E-state index < -0.39 is 0 Å². The van der Waals surface area contributed by atoms with E-state index in [4.69, 9.17) is 4.74 Å². The molecule has 0 aliphatic carbocycles. The van der Waals surface area contributed by atoms with Gasteiger partial charge < -0.3 is 14.5 Å². The number of ether oxygens (including phenoxy) is 1. The Kier molecular flexibility index (Phi) is 4.41. The van der Waals surface area contributed by atoms with Crippen molar-refractivity contribution in [1.82, 2.24) is 14.9 Å². The van der Waals surface area contributed by atoms with Crippen LogP contribution in [0.15, 0.2) is 42.7 Å². The first kappa shape index (κ1) is 15.3. The Morgan fingerprint density at radius 2 is 1.87 bits per heavy atom. The van der Waals surface area contributed by atoms with Gasteiger partial charge in [0.2, 0.25) is 11.9 Å². The number of carbonyl (C=O) groups excluding carboxylic acids is 1. The lowest BCUT2D eigenvalue weighted by atomic mass is 10.0. The summed E-state index contributed by atoms with van der Waals surface area (Å²) in [5, 5.41) is 0. The van der Waals surface area contributed by atoms with Crippen LogP contribution in [0.2, 0.25) is 0 Å². The van der Waals surface area contributed by atoms with Crippen LogP contribution in [0, 0.1) is 0 Å². The molecule has 23 heavy (non-hydrogen) atoms. The Morgan fingerprint density at radius 3 is 2.48 bits per heavy atom. The molecule has 0 bridgehead atoms. The molecule has 2 heterocycles. The maximum atomic E-state index is 12.0. The minimum Gasteiger partial charge on any atom is -0.497 e. The van der Waals surface area contributed by atoms with E-state index in [0.29, 0.717) is 19.0 Å². The Bertz CT molecular complexity index is 660. The number of anilines is 1. The number of piperazine rings is 1. The molecule has 0 spiro atoms. The highest BCUT2D eigenvalue weighted by molar-refractivity contribution is 5.74. The topological polar surface area (TPSA) is 58.6 Å². The summed E-state index contributed by atoms with van der Waals surface area (Å²) in [6.45, 7) is 3.68. The summed E-state index contributed by atoms with van der Waals surface area (Å²) >= 11 is 0. The molecule has 1 saturated heterocycles. The second-order valence-electron chi connectivity index (χ2n) is 5.50. The highest BCUT2D eigenvalue weighted by Crippen LogP contribution is 2.28. The van der Waals surface area contributed by atoms with Crippen molar-refractivity contribution < 1.29 is 9.53 Å². The number of methoxy groups -OCH3 is 1. The lowest BCUT2D eigenvalue weighted by Crippen LogP contribution is -2.50. The fraction of sp³-hybridized carbons (Fsp3) is 0.353. The highest BCUT2D eigenvalue weighted by atomic mass is 16.5. The number of hydrogen-bond donors (Lipinski definition) is 0. The standard InChI is InChI=1S/C17H20N4O2/c1-13(22)21-11-10-20(17-18-8-3-9-19-17)12-16(21)14-4-6-15(23-2)7-5-14/h3-9,16H,10-12H2,1-2H3. The van der Waals surface area contributed by atoms with Gasteiger partial charge in [0, 0.05) is 39.0 Å². The Morgan fingerprint density at radius 1 is 1.17 bits per heavy atom. The van der Waals surface area contributed by atoms with E-state index in [-0.39, 0.29) is 11.9 Å². The molecule has 1 atom stereocenters. The van der Waals surface area contributed by atoms with E-state index in [1.165, 1.54) is 0 Å². The number of carbonyl (C=O) groups is 1. The number of aromatic nitrogens is 2. The molecule has 1 aliphatic rings. The predicted octanol–water partition coefficient (Wildman–Crippen LogP) is 1.90. The van der Waals surface area contributed by atoms with Gasteiger partial charge in [-0.1, -0.05) is 12.1 Å². The van der Waals surface area contributed by atoms with E-state index in [0.717, 1.165) is 17.9 Å². The summed E-state index contributed by atoms with van der Waals surface area (Å²) in [5.41, 5.74) is 1.08. The summed E-state index contributed by atoms with van der Waals surface area (Å²) in [4.78, 5) is 24.7. The van der Waals surface area contributed by atoms with Gasteiger partial charge in [-0.15, -0.1) is 0 Å². The van der Waals surface area contributed by atoms with Crippen LogP contribution in [0.25, 0.3) is 0 Å². The molecule has 1 aliphatic heterocycles. The fourth-order valence-electron chi connectivity index (χ4n) is 2.91. The molecule has 1 amide bonds. The molecule has 1 aromatic carbocycles. The molecule has 3 rings (SSSR count). The number of rotatable bonds is 3. The largest absolute Gasteiger partial charge is 0.497 e. The van der Waals surface area contributed by atoms with Crippen molar-refractivity contribution >= 4 is 11.9 Å². The van der Waals surface area contributed by atoms with Crippen LogP contribution in [0.1, 0.15) is 18.5 Å². The van der Waals surface area contributed by atoms with Crippen molar-refractivity contribution in [1.29, 1.82) is 0 Å². The minimum absolute atomic E-state index is 0.0176. The van der Waals surface area contributed by atoms with Gasteiger partial charge in [-0.2, -0.15) is 0 Å². The average molecular weight is 312 g/mol. The van der Waals surface area contributed by atoms with E-state index >= 15 is 0 Å². The third kappa shape index (κ3) is 3.26. The second-order valence-corrected chi connectivity index (χ2v) is 5.50.